The summed E-state index contributed by atoms with van der Waals surface area (Å²) in [6, 6.07) is 15.6. The Bertz CT molecular complexity index is 1280. The van der Waals surface area contributed by atoms with Crippen LogP contribution in [0.25, 0.3) is 16.7 Å². The number of hydrogen-bond acceptors (Lipinski definition) is 4. The van der Waals surface area contributed by atoms with Crippen molar-refractivity contribution >= 4 is 63.2 Å². The van der Waals surface area contributed by atoms with Crippen LogP contribution in [-0.4, -0.2) is 26.0 Å². The van der Waals surface area contributed by atoms with E-state index in [0.29, 0.717) is 27.4 Å². The van der Waals surface area contributed by atoms with E-state index in [-0.39, 0.29) is 21.5 Å². The molecule has 0 aliphatic heterocycles. The van der Waals surface area contributed by atoms with Gasteiger partial charge in [-0.25, -0.2) is 4.39 Å². The SMILES string of the molecule is O=C(NC(=S)Nc1ccc2nn(-c3ccc(F)cc3)nc2c1)c1ccc(Cl)cc1Cl. The van der Waals surface area contributed by atoms with E-state index in [0.717, 1.165) is 0 Å². The van der Waals surface area contributed by atoms with Crippen LogP contribution < -0.4 is 10.6 Å². The Morgan fingerprint density at radius 3 is 2.43 bits per heavy atom. The van der Waals surface area contributed by atoms with Crippen molar-refractivity contribution in [1.29, 1.82) is 0 Å². The molecule has 1 aromatic heterocycles. The lowest BCUT2D eigenvalue weighted by molar-refractivity contribution is 0.0978. The molecular formula is C20H12Cl2FN5OS. The standard InChI is InChI=1S/C20H12Cl2FN5OS/c21-11-1-7-15(16(22)9-11)19(29)25-20(30)24-13-4-8-17-18(10-13)27-28(26-17)14-5-2-12(23)3-6-14/h1-10H,(H2,24,25,29,30). The first-order valence-electron chi connectivity index (χ1n) is 8.59. The predicted octanol–water partition coefficient (Wildman–Crippen LogP) is 4.99. The summed E-state index contributed by atoms with van der Waals surface area (Å²) in [6.45, 7) is 0. The number of halogens is 3. The lowest BCUT2D eigenvalue weighted by atomic mass is 10.2. The molecule has 4 rings (SSSR count). The van der Waals surface area contributed by atoms with Gasteiger partial charge >= 0.3 is 0 Å². The van der Waals surface area contributed by atoms with Gasteiger partial charge in [0.2, 0.25) is 0 Å². The van der Waals surface area contributed by atoms with Crippen molar-refractivity contribution in [2.75, 3.05) is 5.32 Å². The normalized spacial score (nSPS) is 10.8. The first kappa shape index (κ1) is 20.2. The first-order chi connectivity index (χ1) is 14.4. The molecule has 1 heterocycles. The summed E-state index contributed by atoms with van der Waals surface area (Å²) < 4.78 is 13.1. The van der Waals surface area contributed by atoms with Crippen LogP contribution in [0.2, 0.25) is 10.0 Å². The van der Waals surface area contributed by atoms with E-state index in [4.69, 9.17) is 35.4 Å². The molecule has 0 saturated carbocycles. The number of thiocarbonyl (C=S) groups is 1. The van der Waals surface area contributed by atoms with Crippen LogP contribution in [0.1, 0.15) is 10.4 Å². The van der Waals surface area contributed by atoms with E-state index in [1.165, 1.54) is 29.1 Å². The number of carbonyl (C=O) groups is 1. The quantitative estimate of drug-likeness (QED) is 0.422. The van der Waals surface area contributed by atoms with Crippen LogP contribution in [0.5, 0.6) is 0 Å². The molecule has 2 N–H and O–H groups in total. The van der Waals surface area contributed by atoms with E-state index in [1.54, 1.807) is 36.4 Å². The van der Waals surface area contributed by atoms with Gasteiger partial charge in [0, 0.05) is 10.7 Å². The first-order valence-corrected chi connectivity index (χ1v) is 9.76. The van der Waals surface area contributed by atoms with Crippen molar-refractivity contribution in [3.05, 3.63) is 82.1 Å². The van der Waals surface area contributed by atoms with Crippen molar-refractivity contribution in [3.63, 3.8) is 0 Å². The largest absolute Gasteiger partial charge is 0.332 e. The number of benzene rings is 3. The molecule has 6 nitrogen and oxygen atoms in total. The highest BCUT2D eigenvalue weighted by atomic mass is 35.5. The van der Waals surface area contributed by atoms with E-state index < -0.39 is 5.91 Å². The molecule has 150 valence electrons. The maximum absolute atomic E-state index is 13.1. The van der Waals surface area contributed by atoms with Crippen molar-refractivity contribution in [2.24, 2.45) is 0 Å². The van der Waals surface area contributed by atoms with Crippen LogP contribution in [-0.2, 0) is 0 Å². The van der Waals surface area contributed by atoms with Crippen molar-refractivity contribution in [1.82, 2.24) is 20.3 Å². The fourth-order valence-electron chi connectivity index (χ4n) is 2.69. The Morgan fingerprint density at radius 2 is 1.70 bits per heavy atom. The molecule has 3 aromatic carbocycles. The zero-order chi connectivity index (χ0) is 21.3. The maximum atomic E-state index is 13.1. The summed E-state index contributed by atoms with van der Waals surface area (Å²) in [5, 5.41) is 15.0. The molecule has 0 atom stereocenters. The number of hydrogen-bond donors (Lipinski definition) is 2. The van der Waals surface area contributed by atoms with Crippen LogP contribution in [0, 0.1) is 5.82 Å². The zero-order valence-corrected chi connectivity index (χ0v) is 17.4. The molecule has 10 heteroatoms. The number of amides is 1. The van der Waals surface area contributed by atoms with Gasteiger partial charge in [0.05, 0.1) is 16.3 Å². The second kappa shape index (κ2) is 8.35. The maximum Gasteiger partial charge on any atom is 0.258 e. The van der Waals surface area contributed by atoms with Gasteiger partial charge in [-0.1, -0.05) is 23.2 Å². The fourth-order valence-corrected chi connectivity index (χ4v) is 3.39. The number of aromatic nitrogens is 3. The zero-order valence-electron chi connectivity index (χ0n) is 15.1. The highest BCUT2D eigenvalue weighted by Gasteiger charge is 2.13. The summed E-state index contributed by atoms with van der Waals surface area (Å²) in [7, 11) is 0. The van der Waals surface area contributed by atoms with Gasteiger partial charge in [0.1, 0.15) is 16.9 Å². The van der Waals surface area contributed by atoms with E-state index in [9.17, 15) is 9.18 Å². The lowest BCUT2D eigenvalue weighted by Gasteiger charge is -2.10. The Balaban J connectivity index is 1.48. The van der Waals surface area contributed by atoms with Crippen LogP contribution >= 0.6 is 35.4 Å². The van der Waals surface area contributed by atoms with Crippen LogP contribution in [0.15, 0.2) is 60.7 Å². The van der Waals surface area contributed by atoms with Gasteiger partial charge in [-0.2, -0.15) is 4.80 Å². The third-order valence-electron chi connectivity index (χ3n) is 4.10. The predicted molar refractivity (Wildman–Crippen MR) is 119 cm³/mol. The third kappa shape index (κ3) is 4.40. The highest BCUT2D eigenvalue weighted by Crippen LogP contribution is 2.21. The van der Waals surface area contributed by atoms with Crippen LogP contribution in [0.3, 0.4) is 0 Å². The third-order valence-corrected chi connectivity index (χ3v) is 4.85. The highest BCUT2D eigenvalue weighted by molar-refractivity contribution is 7.80. The average molecular weight is 460 g/mol. The molecule has 1 amide bonds. The smallest absolute Gasteiger partial charge is 0.258 e. The second-order valence-corrected chi connectivity index (χ2v) is 7.45. The summed E-state index contributed by atoms with van der Waals surface area (Å²) in [4.78, 5) is 13.8. The molecule has 0 unspecified atom stereocenters. The summed E-state index contributed by atoms with van der Waals surface area (Å²) in [6.07, 6.45) is 0. The van der Waals surface area contributed by atoms with Crippen molar-refractivity contribution in [3.8, 4) is 5.69 Å². The molecule has 0 spiro atoms. The van der Waals surface area contributed by atoms with Gasteiger partial charge in [-0.05, 0) is 72.9 Å². The molecular weight excluding hydrogens is 448 g/mol. The summed E-state index contributed by atoms with van der Waals surface area (Å²) in [5.74, 6) is -0.796. The average Bonchev–Trinajstić information content (AvgIpc) is 3.11. The number of rotatable bonds is 3. The minimum atomic E-state index is -0.461. The van der Waals surface area contributed by atoms with Gasteiger partial charge in [0.25, 0.3) is 5.91 Å². The number of fused-ring (bicyclic) bond motifs is 1. The second-order valence-electron chi connectivity index (χ2n) is 6.20. The van der Waals surface area contributed by atoms with E-state index >= 15 is 0 Å². The topological polar surface area (TPSA) is 71.8 Å². The minimum Gasteiger partial charge on any atom is -0.332 e. The monoisotopic (exact) mass is 459 g/mol. The number of nitrogens with one attached hydrogen (secondary N) is 2. The molecule has 4 aromatic rings. The Hall–Kier alpha value is -3.07. The van der Waals surface area contributed by atoms with Gasteiger partial charge in [-0.3, -0.25) is 10.1 Å². The number of nitrogens with zero attached hydrogens (tertiary/aromatic N) is 3. The van der Waals surface area contributed by atoms with Gasteiger partial charge in [0.15, 0.2) is 5.11 Å². The minimum absolute atomic E-state index is 0.0938. The van der Waals surface area contributed by atoms with Gasteiger partial charge in [-0.15, -0.1) is 10.2 Å². The Kier molecular flexibility index (Phi) is 5.63. The molecule has 0 aliphatic rings. The lowest BCUT2D eigenvalue weighted by Crippen LogP contribution is -2.34. The molecule has 0 saturated heterocycles. The Labute approximate surface area is 185 Å². The van der Waals surface area contributed by atoms with E-state index in [1.807, 2.05) is 0 Å². The molecule has 0 aliphatic carbocycles. The van der Waals surface area contributed by atoms with E-state index in [2.05, 4.69) is 20.8 Å². The molecule has 0 fully saturated rings. The van der Waals surface area contributed by atoms with Gasteiger partial charge < -0.3 is 5.32 Å². The molecule has 0 radical (unpaired) electrons. The molecule has 30 heavy (non-hydrogen) atoms. The summed E-state index contributed by atoms with van der Waals surface area (Å²) in [5.41, 5.74) is 2.74. The van der Waals surface area contributed by atoms with Crippen molar-refractivity contribution < 1.29 is 9.18 Å². The van der Waals surface area contributed by atoms with Crippen molar-refractivity contribution in [2.45, 2.75) is 0 Å². The number of anilines is 1. The molecule has 0 bridgehead atoms. The van der Waals surface area contributed by atoms with Crippen LogP contribution in [0.4, 0.5) is 10.1 Å². The summed E-state index contributed by atoms with van der Waals surface area (Å²) >= 11 is 17.1. The Morgan fingerprint density at radius 1 is 0.967 bits per heavy atom. The number of carbonyl (C=O) groups excluding carboxylic acids is 1. The fraction of sp³-hybridized carbons (Fsp3) is 0.